The van der Waals surface area contributed by atoms with Gasteiger partial charge in [-0.1, -0.05) is 0 Å². The number of nitrogens with one attached hydrogen (secondary N) is 1. The molecule has 0 unspecified atom stereocenters. The molecule has 6 nitrogen and oxygen atoms in total. The maximum atomic E-state index is 11.6. The van der Waals surface area contributed by atoms with E-state index < -0.39 is 0 Å². The molecule has 0 aliphatic heterocycles. The van der Waals surface area contributed by atoms with Crippen LogP contribution in [0.5, 0.6) is 0 Å². The van der Waals surface area contributed by atoms with Crippen molar-refractivity contribution < 1.29 is 14.3 Å². The number of hydrogen-bond donors (Lipinski definition) is 2. The van der Waals surface area contributed by atoms with Gasteiger partial charge in [-0.15, -0.1) is 0 Å². The summed E-state index contributed by atoms with van der Waals surface area (Å²) in [5.41, 5.74) is 5.81. The van der Waals surface area contributed by atoms with E-state index in [1.165, 1.54) is 6.20 Å². The van der Waals surface area contributed by atoms with E-state index in [1.54, 1.807) is 18.3 Å². The zero-order valence-corrected chi connectivity index (χ0v) is 10.3. The van der Waals surface area contributed by atoms with Crippen molar-refractivity contribution in [3.05, 3.63) is 30.1 Å². The van der Waals surface area contributed by atoms with Crippen LogP contribution in [-0.4, -0.2) is 50.4 Å². The first-order chi connectivity index (χ1) is 8.84. The number of aromatic nitrogens is 1. The van der Waals surface area contributed by atoms with Gasteiger partial charge in [0.15, 0.2) is 0 Å². The molecule has 0 aromatic carbocycles. The monoisotopic (exact) mass is 253 g/mol. The van der Waals surface area contributed by atoms with Gasteiger partial charge >= 0.3 is 0 Å². The van der Waals surface area contributed by atoms with E-state index in [-0.39, 0.29) is 5.91 Å². The molecule has 0 aliphatic carbocycles. The van der Waals surface area contributed by atoms with Crippen LogP contribution in [-0.2, 0) is 9.47 Å². The largest absolute Gasteiger partial charge is 0.378 e. The Morgan fingerprint density at radius 1 is 1.28 bits per heavy atom. The molecule has 0 radical (unpaired) electrons. The molecular weight excluding hydrogens is 234 g/mol. The fourth-order valence-corrected chi connectivity index (χ4v) is 1.24. The van der Waals surface area contributed by atoms with Crippen LogP contribution in [0.4, 0.5) is 0 Å². The average molecular weight is 253 g/mol. The van der Waals surface area contributed by atoms with Gasteiger partial charge in [-0.2, -0.15) is 0 Å². The number of ether oxygens (including phenoxy) is 2. The summed E-state index contributed by atoms with van der Waals surface area (Å²) in [6.07, 6.45) is 3.15. The summed E-state index contributed by atoms with van der Waals surface area (Å²) in [5, 5.41) is 2.74. The Morgan fingerprint density at radius 2 is 2.06 bits per heavy atom. The van der Waals surface area contributed by atoms with Gasteiger partial charge in [0, 0.05) is 25.5 Å². The topological polar surface area (TPSA) is 86.5 Å². The normalized spacial score (nSPS) is 10.3. The highest BCUT2D eigenvalue weighted by Gasteiger charge is 2.03. The van der Waals surface area contributed by atoms with Crippen molar-refractivity contribution in [1.82, 2.24) is 10.3 Å². The van der Waals surface area contributed by atoms with Crippen LogP contribution >= 0.6 is 0 Å². The molecule has 0 bridgehead atoms. The minimum absolute atomic E-state index is 0.147. The van der Waals surface area contributed by atoms with Crippen LogP contribution in [0.15, 0.2) is 24.5 Å². The highest BCUT2D eigenvalue weighted by molar-refractivity contribution is 5.93. The van der Waals surface area contributed by atoms with E-state index in [0.29, 0.717) is 45.1 Å². The number of carbonyl (C=O) groups is 1. The molecule has 0 aliphatic rings. The number of amides is 1. The lowest BCUT2D eigenvalue weighted by atomic mass is 10.3. The number of hydrogen-bond acceptors (Lipinski definition) is 5. The van der Waals surface area contributed by atoms with Crippen molar-refractivity contribution in [2.45, 2.75) is 0 Å². The molecule has 0 saturated heterocycles. The van der Waals surface area contributed by atoms with Gasteiger partial charge in [-0.25, -0.2) is 0 Å². The Kier molecular flexibility index (Phi) is 7.70. The number of nitrogens with zero attached hydrogens (tertiary/aromatic N) is 1. The third-order valence-electron chi connectivity index (χ3n) is 2.09. The number of pyridine rings is 1. The Balaban J connectivity index is 2.00. The van der Waals surface area contributed by atoms with Crippen molar-refractivity contribution in [3.8, 4) is 0 Å². The molecule has 0 spiro atoms. The maximum Gasteiger partial charge on any atom is 0.252 e. The van der Waals surface area contributed by atoms with Crippen LogP contribution in [0.1, 0.15) is 10.4 Å². The van der Waals surface area contributed by atoms with Gasteiger partial charge in [0.05, 0.1) is 32.0 Å². The molecule has 1 rings (SSSR count). The fraction of sp³-hybridized carbons (Fsp3) is 0.500. The second-order valence-electron chi connectivity index (χ2n) is 3.51. The standard InChI is InChI=1S/C12H19N3O3/c13-3-6-17-8-9-18-7-5-15-12(16)11-2-1-4-14-10-11/h1-2,4,10H,3,5-9,13H2,(H,15,16). The highest BCUT2D eigenvalue weighted by Crippen LogP contribution is 1.94. The third kappa shape index (κ3) is 6.29. The summed E-state index contributed by atoms with van der Waals surface area (Å²) in [6.45, 7) is 3.00. The summed E-state index contributed by atoms with van der Waals surface area (Å²) in [7, 11) is 0. The molecule has 0 saturated carbocycles. The predicted molar refractivity (Wildman–Crippen MR) is 67.3 cm³/mol. The number of nitrogens with two attached hydrogens (primary N) is 1. The van der Waals surface area contributed by atoms with Gasteiger partial charge in [0.1, 0.15) is 0 Å². The zero-order chi connectivity index (χ0) is 13.1. The van der Waals surface area contributed by atoms with E-state index >= 15 is 0 Å². The summed E-state index contributed by atoms with van der Waals surface area (Å²) >= 11 is 0. The molecule has 1 heterocycles. The van der Waals surface area contributed by atoms with Crippen LogP contribution in [0.3, 0.4) is 0 Å². The first-order valence-corrected chi connectivity index (χ1v) is 5.88. The van der Waals surface area contributed by atoms with Gasteiger partial charge in [-0.3, -0.25) is 9.78 Å². The summed E-state index contributed by atoms with van der Waals surface area (Å²) in [6, 6.07) is 3.43. The van der Waals surface area contributed by atoms with Gasteiger partial charge in [0.25, 0.3) is 5.91 Å². The Morgan fingerprint density at radius 3 is 2.72 bits per heavy atom. The van der Waals surface area contributed by atoms with Crippen LogP contribution < -0.4 is 11.1 Å². The molecular formula is C12H19N3O3. The van der Waals surface area contributed by atoms with Crippen LogP contribution in [0.2, 0.25) is 0 Å². The highest BCUT2D eigenvalue weighted by atomic mass is 16.5. The zero-order valence-electron chi connectivity index (χ0n) is 10.3. The molecule has 100 valence electrons. The molecule has 1 aromatic rings. The lowest BCUT2D eigenvalue weighted by Crippen LogP contribution is -2.27. The molecule has 0 atom stereocenters. The van der Waals surface area contributed by atoms with Crippen molar-refractivity contribution in [3.63, 3.8) is 0 Å². The smallest absolute Gasteiger partial charge is 0.252 e. The van der Waals surface area contributed by atoms with Gasteiger partial charge < -0.3 is 20.5 Å². The quantitative estimate of drug-likeness (QED) is 0.595. The van der Waals surface area contributed by atoms with Crippen molar-refractivity contribution in [2.75, 3.05) is 39.5 Å². The van der Waals surface area contributed by atoms with Gasteiger partial charge in [-0.05, 0) is 12.1 Å². The van der Waals surface area contributed by atoms with Crippen molar-refractivity contribution in [2.24, 2.45) is 5.73 Å². The van der Waals surface area contributed by atoms with E-state index in [4.69, 9.17) is 15.2 Å². The van der Waals surface area contributed by atoms with Crippen molar-refractivity contribution >= 4 is 5.91 Å². The van der Waals surface area contributed by atoms with E-state index in [9.17, 15) is 4.79 Å². The van der Waals surface area contributed by atoms with E-state index in [2.05, 4.69) is 10.3 Å². The van der Waals surface area contributed by atoms with Crippen LogP contribution in [0.25, 0.3) is 0 Å². The first-order valence-electron chi connectivity index (χ1n) is 5.88. The second kappa shape index (κ2) is 9.52. The first kappa shape index (κ1) is 14.6. The fourth-order valence-electron chi connectivity index (χ4n) is 1.24. The lowest BCUT2D eigenvalue weighted by molar-refractivity contribution is 0.0511. The lowest BCUT2D eigenvalue weighted by Gasteiger charge is -2.06. The summed E-state index contributed by atoms with van der Waals surface area (Å²) in [4.78, 5) is 15.4. The molecule has 18 heavy (non-hydrogen) atoms. The van der Waals surface area contributed by atoms with Crippen LogP contribution in [0, 0.1) is 0 Å². The Labute approximate surface area is 106 Å². The average Bonchev–Trinajstić information content (AvgIpc) is 2.42. The molecule has 1 aromatic heterocycles. The minimum Gasteiger partial charge on any atom is -0.378 e. The van der Waals surface area contributed by atoms with E-state index in [1.807, 2.05) is 0 Å². The second-order valence-corrected chi connectivity index (χ2v) is 3.51. The third-order valence-corrected chi connectivity index (χ3v) is 2.09. The Hall–Kier alpha value is -1.50. The van der Waals surface area contributed by atoms with Crippen molar-refractivity contribution in [1.29, 1.82) is 0 Å². The molecule has 1 amide bonds. The SMILES string of the molecule is NCCOCCOCCNC(=O)c1cccnc1. The number of carbonyl (C=O) groups excluding carboxylic acids is 1. The maximum absolute atomic E-state index is 11.6. The molecule has 6 heteroatoms. The number of rotatable bonds is 9. The summed E-state index contributed by atoms with van der Waals surface area (Å²) in [5.74, 6) is -0.147. The predicted octanol–water partition coefficient (Wildman–Crippen LogP) is -0.197. The van der Waals surface area contributed by atoms with E-state index in [0.717, 1.165) is 0 Å². The van der Waals surface area contributed by atoms with Gasteiger partial charge in [0.2, 0.25) is 0 Å². The minimum atomic E-state index is -0.147. The Bertz CT molecular complexity index is 333. The molecule has 3 N–H and O–H groups in total. The summed E-state index contributed by atoms with van der Waals surface area (Å²) < 4.78 is 10.4. The molecule has 0 fully saturated rings.